The Morgan fingerprint density at radius 3 is 2.19 bits per heavy atom. The molecule has 0 heterocycles. The van der Waals surface area contributed by atoms with Crippen LogP contribution in [0.15, 0.2) is 24.3 Å². The summed E-state index contributed by atoms with van der Waals surface area (Å²) >= 11 is 0. The molecule has 2 nitrogen and oxygen atoms in total. The van der Waals surface area contributed by atoms with Crippen LogP contribution < -0.4 is 5.73 Å². The van der Waals surface area contributed by atoms with Crippen LogP contribution in [0.4, 0.5) is 0 Å². The molecule has 16 heavy (non-hydrogen) atoms. The van der Waals surface area contributed by atoms with Gasteiger partial charge in [-0.3, -0.25) is 0 Å². The van der Waals surface area contributed by atoms with Crippen LogP contribution in [0.3, 0.4) is 0 Å². The number of hydrogen-bond acceptors (Lipinski definition) is 2. The largest absolute Gasteiger partial charge is 0.330 e. The van der Waals surface area contributed by atoms with E-state index in [-0.39, 0.29) is 5.41 Å². The van der Waals surface area contributed by atoms with Crippen LogP contribution in [0.1, 0.15) is 18.1 Å². The van der Waals surface area contributed by atoms with Crippen LogP contribution in [0.25, 0.3) is 0 Å². The quantitative estimate of drug-likeness (QED) is 0.823. The van der Waals surface area contributed by atoms with E-state index in [1.54, 1.807) is 0 Å². The average Bonchev–Trinajstić information content (AvgIpc) is 2.20. The van der Waals surface area contributed by atoms with Crippen molar-refractivity contribution < 1.29 is 0 Å². The van der Waals surface area contributed by atoms with Crippen LogP contribution >= 0.6 is 0 Å². The molecule has 0 aliphatic carbocycles. The van der Waals surface area contributed by atoms with Gasteiger partial charge in [0.05, 0.1) is 0 Å². The molecule has 0 aromatic heterocycles. The minimum atomic E-state index is 0.165. The molecule has 0 spiro atoms. The summed E-state index contributed by atoms with van der Waals surface area (Å²) in [7, 11) is 4.20. The molecule has 2 heteroatoms. The smallest absolute Gasteiger partial charge is 0.00445 e. The Kier molecular flexibility index (Phi) is 4.51. The Hall–Kier alpha value is -0.860. The van der Waals surface area contributed by atoms with Gasteiger partial charge in [0, 0.05) is 6.54 Å². The van der Waals surface area contributed by atoms with Crippen molar-refractivity contribution in [2.24, 2.45) is 11.1 Å². The zero-order valence-electron chi connectivity index (χ0n) is 11.0. The number of nitrogens with zero attached hydrogens (tertiary/aromatic N) is 1. The lowest BCUT2D eigenvalue weighted by Crippen LogP contribution is -2.39. The summed E-state index contributed by atoms with van der Waals surface area (Å²) in [5, 5.41) is 0. The first-order valence-corrected chi connectivity index (χ1v) is 5.85. The van der Waals surface area contributed by atoms with Crippen molar-refractivity contribution in [1.29, 1.82) is 0 Å². The van der Waals surface area contributed by atoms with E-state index in [4.69, 9.17) is 5.73 Å². The van der Waals surface area contributed by atoms with Gasteiger partial charge in [-0.1, -0.05) is 36.8 Å². The molecule has 0 fully saturated rings. The van der Waals surface area contributed by atoms with Gasteiger partial charge < -0.3 is 10.6 Å². The zero-order valence-corrected chi connectivity index (χ0v) is 11.0. The molecule has 1 unspecified atom stereocenters. The van der Waals surface area contributed by atoms with Crippen molar-refractivity contribution in [3.8, 4) is 0 Å². The van der Waals surface area contributed by atoms with E-state index in [9.17, 15) is 0 Å². The molecule has 2 N–H and O–H groups in total. The van der Waals surface area contributed by atoms with Crippen LogP contribution in [0.2, 0.25) is 0 Å². The van der Waals surface area contributed by atoms with Crippen molar-refractivity contribution in [2.45, 2.75) is 20.3 Å². The monoisotopic (exact) mass is 220 g/mol. The molecule has 0 saturated heterocycles. The Morgan fingerprint density at radius 2 is 1.75 bits per heavy atom. The minimum Gasteiger partial charge on any atom is -0.330 e. The molecule has 0 bridgehead atoms. The van der Waals surface area contributed by atoms with E-state index < -0.39 is 0 Å². The molecule has 90 valence electrons. The number of benzene rings is 1. The maximum absolute atomic E-state index is 5.91. The fourth-order valence-electron chi connectivity index (χ4n) is 2.15. The third-order valence-corrected chi connectivity index (χ3v) is 2.94. The Bertz CT molecular complexity index is 316. The SMILES string of the molecule is Cc1ccc(CC(C)(CN)CN(C)C)cc1. The van der Waals surface area contributed by atoms with Crippen LogP contribution in [0, 0.1) is 12.3 Å². The Labute approximate surface area is 99.5 Å². The molecule has 0 amide bonds. The molecule has 1 rings (SSSR count). The first-order valence-electron chi connectivity index (χ1n) is 5.85. The first kappa shape index (κ1) is 13.2. The summed E-state index contributed by atoms with van der Waals surface area (Å²) < 4.78 is 0. The first-order chi connectivity index (χ1) is 7.45. The van der Waals surface area contributed by atoms with Crippen LogP contribution in [0.5, 0.6) is 0 Å². The lowest BCUT2D eigenvalue weighted by molar-refractivity contribution is 0.224. The van der Waals surface area contributed by atoms with Gasteiger partial charge in [-0.2, -0.15) is 0 Å². The molecule has 1 aromatic rings. The summed E-state index contributed by atoms with van der Waals surface area (Å²) in [5.74, 6) is 0. The van der Waals surface area contributed by atoms with Gasteiger partial charge in [-0.05, 0) is 45.0 Å². The van der Waals surface area contributed by atoms with Gasteiger partial charge in [-0.25, -0.2) is 0 Å². The molecule has 0 aliphatic rings. The third-order valence-electron chi connectivity index (χ3n) is 2.94. The highest BCUT2D eigenvalue weighted by Crippen LogP contribution is 2.22. The van der Waals surface area contributed by atoms with Gasteiger partial charge >= 0.3 is 0 Å². The van der Waals surface area contributed by atoms with E-state index in [1.165, 1.54) is 11.1 Å². The minimum absolute atomic E-state index is 0.165. The molecule has 1 aromatic carbocycles. The van der Waals surface area contributed by atoms with Crippen molar-refractivity contribution in [3.63, 3.8) is 0 Å². The van der Waals surface area contributed by atoms with Gasteiger partial charge in [0.1, 0.15) is 0 Å². The lowest BCUT2D eigenvalue weighted by Gasteiger charge is -2.31. The summed E-state index contributed by atoms with van der Waals surface area (Å²) in [6.45, 7) is 6.12. The Balaban J connectivity index is 2.72. The number of nitrogens with two attached hydrogens (primary N) is 1. The average molecular weight is 220 g/mol. The van der Waals surface area contributed by atoms with E-state index in [0.717, 1.165) is 19.5 Å². The molecule has 0 aliphatic heterocycles. The molecular formula is C14H24N2. The van der Waals surface area contributed by atoms with E-state index >= 15 is 0 Å². The predicted octanol–water partition coefficient (Wildman–Crippen LogP) is 2.06. The number of rotatable bonds is 5. The van der Waals surface area contributed by atoms with Crippen LogP contribution in [-0.2, 0) is 6.42 Å². The van der Waals surface area contributed by atoms with Crippen molar-refractivity contribution in [2.75, 3.05) is 27.2 Å². The fraction of sp³-hybridized carbons (Fsp3) is 0.571. The van der Waals surface area contributed by atoms with Crippen molar-refractivity contribution >= 4 is 0 Å². The predicted molar refractivity (Wildman–Crippen MR) is 70.6 cm³/mol. The summed E-state index contributed by atoms with van der Waals surface area (Å²) in [5.41, 5.74) is 8.76. The standard InChI is InChI=1S/C14H24N2/c1-12-5-7-13(8-6-12)9-14(2,10-15)11-16(3)4/h5-8H,9-11,15H2,1-4H3. The second kappa shape index (κ2) is 5.46. The maximum atomic E-state index is 5.91. The summed E-state index contributed by atoms with van der Waals surface area (Å²) in [6, 6.07) is 8.75. The van der Waals surface area contributed by atoms with Gasteiger partial charge in [-0.15, -0.1) is 0 Å². The normalized spacial score (nSPS) is 15.1. The second-order valence-corrected chi connectivity index (χ2v) is 5.41. The molecule has 0 radical (unpaired) electrons. The fourth-order valence-corrected chi connectivity index (χ4v) is 2.15. The number of aryl methyl sites for hydroxylation is 1. The summed E-state index contributed by atoms with van der Waals surface area (Å²) in [4.78, 5) is 2.21. The molecule has 0 saturated carbocycles. The maximum Gasteiger partial charge on any atom is 0.00445 e. The highest BCUT2D eigenvalue weighted by Gasteiger charge is 2.23. The van der Waals surface area contributed by atoms with E-state index in [2.05, 4.69) is 57.1 Å². The highest BCUT2D eigenvalue weighted by atomic mass is 15.1. The van der Waals surface area contributed by atoms with E-state index in [1.807, 2.05) is 0 Å². The second-order valence-electron chi connectivity index (χ2n) is 5.41. The highest BCUT2D eigenvalue weighted by molar-refractivity contribution is 5.22. The van der Waals surface area contributed by atoms with Crippen LogP contribution in [-0.4, -0.2) is 32.1 Å². The zero-order chi connectivity index (χ0) is 12.2. The molecular weight excluding hydrogens is 196 g/mol. The lowest BCUT2D eigenvalue weighted by atomic mass is 9.83. The topological polar surface area (TPSA) is 29.3 Å². The van der Waals surface area contributed by atoms with Crippen molar-refractivity contribution in [3.05, 3.63) is 35.4 Å². The molecule has 1 atom stereocenters. The summed E-state index contributed by atoms with van der Waals surface area (Å²) in [6.07, 6.45) is 1.04. The van der Waals surface area contributed by atoms with Crippen molar-refractivity contribution in [1.82, 2.24) is 4.90 Å². The number of hydrogen-bond donors (Lipinski definition) is 1. The van der Waals surface area contributed by atoms with Gasteiger partial charge in [0.2, 0.25) is 0 Å². The van der Waals surface area contributed by atoms with Gasteiger partial charge in [0.25, 0.3) is 0 Å². The van der Waals surface area contributed by atoms with Gasteiger partial charge in [0.15, 0.2) is 0 Å². The Morgan fingerprint density at radius 1 is 1.19 bits per heavy atom. The van der Waals surface area contributed by atoms with E-state index in [0.29, 0.717) is 0 Å². The third kappa shape index (κ3) is 3.95.